The zero-order valence-corrected chi connectivity index (χ0v) is 13.2. The Labute approximate surface area is 126 Å². The van der Waals surface area contributed by atoms with Gasteiger partial charge in [0.1, 0.15) is 5.82 Å². The highest BCUT2D eigenvalue weighted by molar-refractivity contribution is 9.10. The van der Waals surface area contributed by atoms with Gasteiger partial charge in [-0.25, -0.2) is 4.98 Å². The van der Waals surface area contributed by atoms with Crippen molar-refractivity contribution in [1.82, 2.24) is 9.97 Å². The monoisotopic (exact) mass is 339 g/mol. The van der Waals surface area contributed by atoms with Gasteiger partial charge in [-0.1, -0.05) is 31.2 Å². The van der Waals surface area contributed by atoms with E-state index < -0.39 is 0 Å². The van der Waals surface area contributed by atoms with E-state index in [1.165, 1.54) is 11.1 Å². The smallest absolute Gasteiger partial charge is 0.224 e. The third-order valence-electron chi connectivity index (χ3n) is 2.96. The summed E-state index contributed by atoms with van der Waals surface area (Å²) < 4.78 is 0.800. The molecule has 0 aliphatic rings. The first-order valence-electron chi connectivity index (χ1n) is 6.13. The molecule has 2 rings (SSSR count). The number of rotatable bonds is 4. The molecule has 19 heavy (non-hydrogen) atoms. The second kappa shape index (κ2) is 6.35. The first kappa shape index (κ1) is 14.3. The molecule has 0 bridgehead atoms. The van der Waals surface area contributed by atoms with Crippen molar-refractivity contribution in [2.45, 2.75) is 26.3 Å². The highest BCUT2D eigenvalue weighted by Crippen LogP contribution is 2.25. The Hall–Kier alpha value is -1.13. The summed E-state index contributed by atoms with van der Waals surface area (Å²) in [6, 6.07) is 8.71. The van der Waals surface area contributed by atoms with Crippen LogP contribution >= 0.6 is 27.5 Å². The Balaban J connectivity index is 2.15. The first-order valence-corrected chi connectivity index (χ1v) is 7.30. The van der Waals surface area contributed by atoms with Gasteiger partial charge < -0.3 is 5.32 Å². The van der Waals surface area contributed by atoms with E-state index in [1.54, 1.807) is 6.20 Å². The molecule has 0 saturated heterocycles. The molecule has 1 atom stereocenters. The average Bonchev–Trinajstić information content (AvgIpc) is 2.43. The summed E-state index contributed by atoms with van der Waals surface area (Å²) in [6.45, 7) is 4.24. The largest absolute Gasteiger partial charge is 0.362 e. The molecule has 0 amide bonds. The zero-order valence-electron chi connectivity index (χ0n) is 10.8. The third-order valence-corrected chi connectivity index (χ3v) is 3.72. The van der Waals surface area contributed by atoms with Crippen LogP contribution in [0.4, 0.5) is 5.82 Å². The van der Waals surface area contributed by atoms with E-state index in [2.05, 4.69) is 69.3 Å². The van der Waals surface area contributed by atoms with E-state index in [0.717, 1.165) is 10.9 Å². The van der Waals surface area contributed by atoms with Gasteiger partial charge in [0.15, 0.2) is 0 Å². The predicted molar refractivity (Wildman–Crippen MR) is 82.6 cm³/mol. The van der Waals surface area contributed by atoms with Gasteiger partial charge in [0, 0.05) is 12.2 Å². The first-order chi connectivity index (χ1) is 9.10. The fourth-order valence-corrected chi connectivity index (χ4v) is 2.22. The van der Waals surface area contributed by atoms with Crippen molar-refractivity contribution in [2.75, 3.05) is 5.32 Å². The molecule has 0 spiro atoms. The third kappa shape index (κ3) is 3.67. The molecule has 0 aliphatic heterocycles. The standard InChI is InChI=1S/C14H15BrClN3/c1-3-10-4-6-11(7-5-10)9(2)18-13-12(15)8-17-14(16)19-13/h4-9H,3H2,1-2H3,(H,17,18,19). The Morgan fingerprint density at radius 3 is 2.63 bits per heavy atom. The van der Waals surface area contributed by atoms with Gasteiger partial charge in [0.2, 0.25) is 5.28 Å². The number of benzene rings is 1. The summed E-state index contributed by atoms with van der Waals surface area (Å²) in [5.74, 6) is 0.701. The van der Waals surface area contributed by atoms with Crippen LogP contribution in [0.15, 0.2) is 34.9 Å². The Kier molecular flexibility index (Phi) is 4.77. The summed E-state index contributed by atoms with van der Waals surface area (Å²) in [7, 11) is 0. The fraction of sp³-hybridized carbons (Fsp3) is 0.286. The lowest BCUT2D eigenvalue weighted by Crippen LogP contribution is -2.09. The number of aryl methyl sites for hydroxylation is 1. The molecule has 5 heteroatoms. The molecule has 0 saturated carbocycles. The quantitative estimate of drug-likeness (QED) is 0.825. The topological polar surface area (TPSA) is 37.8 Å². The van der Waals surface area contributed by atoms with E-state index in [9.17, 15) is 0 Å². The van der Waals surface area contributed by atoms with Crippen LogP contribution in [0.2, 0.25) is 5.28 Å². The second-order valence-corrected chi connectivity index (χ2v) is 5.49. The van der Waals surface area contributed by atoms with Gasteiger partial charge in [-0.05, 0) is 52.0 Å². The Morgan fingerprint density at radius 1 is 1.32 bits per heavy atom. The minimum Gasteiger partial charge on any atom is -0.362 e. The van der Waals surface area contributed by atoms with Crippen LogP contribution in [0.5, 0.6) is 0 Å². The number of hydrogen-bond acceptors (Lipinski definition) is 3. The maximum atomic E-state index is 5.80. The molecule has 1 aromatic carbocycles. The summed E-state index contributed by atoms with van der Waals surface area (Å²) in [5.41, 5.74) is 2.54. The number of aromatic nitrogens is 2. The zero-order chi connectivity index (χ0) is 13.8. The highest BCUT2D eigenvalue weighted by Gasteiger charge is 2.09. The molecular weight excluding hydrogens is 326 g/mol. The number of hydrogen-bond donors (Lipinski definition) is 1. The van der Waals surface area contributed by atoms with Crippen molar-refractivity contribution < 1.29 is 0 Å². The van der Waals surface area contributed by atoms with Crippen molar-refractivity contribution >= 4 is 33.3 Å². The number of nitrogens with zero attached hydrogens (tertiary/aromatic N) is 2. The predicted octanol–water partition coefficient (Wildman–Crippen LogP) is 4.63. The maximum absolute atomic E-state index is 5.80. The van der Waals surface area contributed by atoms with Gasteiger partial charge in [-0.2, -0.15) is 4.98 Å². The van der Waals surface area contributed by atoms with Crippen LogP contribution < -0.4 is 5.32 Å². The summed E-state index contributed by atoms with van der Waals surface area (Å²) in [5, 5.41) is 3.56. The molecular formula is C14H15BrClN3. The minimum atomic E-state index is 0.146. The van der Waals surface area contributed by atoms with Crippen LogP contribution in [0.3, 0.4) is 0 Å². The van der Waals surface area contributed by atoms with Crippen molar-refractivity contribution in [1.29, 1.82) is 0 Å². The molecule has 0 radical (unpaired) electrons. The molecule has 100 valence electrons. The molecule has 1 heterocycles. The highest BCUT2D eigenvalue weighted by atomic mass is 79.9. The molecule has 1 unspecified atom stereocenters. The van der Waals surface area contributed by atoms with Crippen molar-refractivity contribution in [3.8, 4) is 0 Å². The van der Waals surface area contributed by atoms with E-state index >= 15 is 0 Å². The molecule has 1 N–H and O–H groups in total. The van der Waals surface area contributed by atoms with E-state index in [-0.39, 0.29) is 11.3 Å². The minimum absolute atomic E-state index is 0.146. The van der Waals surface area contributed by atoms with Crippen molar-refractivity contribution in [2.24, 2.45) is 0 Å². The van der Waals surface area contributed by atoms with Gasteiger partial charge in [0.05, 0.1) is 4.47 Å². The normalized spacial score (nSPS) is 12.2. The molecule has 0 aliphatic carbocycles. The van der Waals surface area contributed by atoms with Crippen molar-refractivity contribution in [3.63, 3.8) is 0 Å². The van der Waals surface area contributed by atoms with Gasteiger partial charge in [-0.3, -0.25) is 0 Å². The number of anilines is 1. The van der Waals surface area contributed by atoms with Crippen LogP contribution in [-0.2, 0) is 6.42 Å². The number of halogens is 2. The lowest BCUT2D eigenvalue weighted by Gasteiger charge is -2.16. The second-order valence-electron chi connectivity index (χ2n) is 4.30. The van der Waals surface area contributed by atoms with E-state index in [4.69, 9.17) is 11.6 Å². The van der Waals surface area contributed by atoms with Gasteiger partial charge in [0.25, 0.3) is 0 Å². The summed E-state index contributed by atoms with van der Waals surface area (Å²) in [6.07, 6.45) is 2.69. The van der Waals surface area contributed by atoms with Gasteiger partial charge in [-0.15, -0.1) is 0 Å². The molecule has 2 aromatic rings. The average molecular weight is 341 g/mol. The molecule has 0 fully saturated rings. The Morgan fingerprint density at radius 2 is 2.00 bits per heavy atom. The lowest BCUT2D eigenvalue weighted by molar-refractivity contribution is 0.868. The number of nitrogens with one attached hydrogen (secondary N) is 1. The lowest BCUT2D eigenvalue weighted by atomic mass is 10.1. The Bertz CT molecular complexity index is 557. The van der Waals surface area contributed by atoms with Crippen LogP contribution in [0, 0.1) is 0 Å². The molecule has 3 nitrogen and oxygen atoms in total. The summed E-state index contributed by atoms with van der Waals surface area (Å²) >= 11 is 9.21. The summed E-state index contributed by atoms with van der Waals surface area (Å²) in [4.78, 5) is 8.08. The maximum Gasteiger partial charge on any atom is 0.224 e. The van der Waals surface area contributed by atoms with E-state index in [0.29, 0.717) is 5.82 Å². The van der Waals surface area contributed by atoms with Gasteiger partial charge >= 0.3 is 0 Å². The fourth-order valence-electron chi connectivity index (χ4n) is 1.78. The van der Waals surface area contributed by atoms with E-state index in [1.807, 2.05) is 0 Å². The van der Waals surface area contributed by atoms with Crippen LogP contribution in [0.1, 0.15) is 31.0 Å². The molecule has 1 aromatic heterocycles. The SMILES string of the molecule is CCc1ccc(C(C)Nc2nc(Cl)ncc2Br)cc1. The van der Waals surface area contributed by atoms with Crippen LogP contribution in [0.25, 0.3) is 0 Å². The van der Waals surface area contributed by atoms with Crippen LogP contribution in [-0.4, -0.2) is 9.97 Å². The van der Waals surface area contributed by atoms with Crippen molar-refractivity contribution in [3.05, 3.63) is 51.3 Å².